The summed E-state index contributed by atoms with van der Waals surface area (Å²) in [7, 11) is 1.34. The lowest BCUT2D eigenvalue weighted by molar-refractivity contribution is -0.155. The molecule has 28 heavy (non-hydrogen) atoms. The molecule has 0 radical (unpaired) electrons. The van der Waals surface area contributed by atoms with Crippen LogP contribution in [0.4, 0.5) is 0 Å². The zero-order valence-corrected chi connectivity index (χ0v) is 16.5. The lowest BCUT2D eigenvalue weighted by Crippen LogP contribution is -2.44. The van der Waals surface area contributed by atoms with Gasteiger partial charge in [0.05, 0.1) is 23.6 Å². The molecule has 9 heteroatoms. The number of rotatable bonds is 6. The summed E-state index contributed by atoms with van der Waals surface area (Å²) >= 11 is 5.95. The highest BCUT2D eigenvalue weighted by molar-refractivity contribution is 6.33. The number of carbonyl (C=O) groups excluding carboxylic acids is 4. The highest BCUT2D eigenvalue weighted by atomic mass is 35.5. The number of esters is 2. The molecule has 1 atom stereocenters. The van der Waals surface area contributed by atoms with E-state index in [1.54, 1.807) is 23.1 Å². The van der Waals surface area contributed by atoms with Gasteiger partial charge in [0.25, 0.3) is 11.8 Å². The smallest absolute Gasteiger partial charge is 0.328 e. The maximum Gasteiger partial charge on any atom is 0.328 e. The van der Waals surface area contributed by atoms with Crippen molar-refractivity contribution in [1.29, 1.82) is 0 Å². The SMILES string of the molecule is COC(=O)C1CCN(C(=O)COC(=O)[C@H](C)NC(=O)c2ccccc2Cl)CC1. The molecule has 1 aromatic rings. The van der Waals surface area contributed by atoms with Gasteiger partial charge < -0.3 is 19.7 Å². The van der Waals surface area contributed by atoms with Gasteiger partial charge in [-0.3, -0.25) is 14.4 Å². The molecule has 2 amide bonds. The number of methoxy groups -OCH3 is 1. The number of ether oxygens (including phenoxy) is 2. The number of nitrogens with one attached hydrogen (secondary N) is 1. The molecule has 0 aromatic heterocycles. The highest BCUT2D eigenvalue weighted by Gasteiger charge is 2.28. The monoisotopic (exact) mass is 410 g/mol. The summed E-state index contributed by atoms with van der Waals surface area (Å²) in [5, 5.41) is 2.76. The van der Waals surface area contributed by atoms with Crippen LogP contribution < -0.4 is 5.32 Å². The Bertz CT molecular complexity index is 746. The minimum atomic E-state index is -0.943. The quantitative estimate of drug-likeness (QED) is 0.711. The molecule has 1 aliphatic heterocycles. The molecule has 1 aliphatic rings. The lowest BCUT2D eigenvalue weighted by atomic mass is 9.97. The van der Waals surface area contributed by atoms with Crippen LogP contribution in [0.3, 0.4) is 0 Å². The van der Waals surface area contributed by atoms with Gasteiger partial charge in [0, 0.05) is 13.1 Å². The lowest BCUT2D eigenvalue weighted by Gasteiger charge is -2.30. The van der Waals surface area contributed by atoms with Crippen LogP contribution in [-0.4, -0.2) is 61.5 Å². The van der Waals surface area contributed by atoms with E-state index in [4.69, 9.17) is 21.1 Å². The van der Waals surface area contributed by atoms with Crippen molar-refractivity contribution in [2.24, 2.45) is 5.92 Å². The van der Waals surface area contributed by atoms with E-state index < -0.39 is 24.5 Å². The van der Waals surface area contributed by atoms with Crippen molar-refractivity contribution in [2.75, 3.05) is 26.8 Å². The molecule has 0 unspecified atom stereocenters. The molecular weight excluding hydrogens is 388 g/mol. The number of benzene rings is 1. The van der Waals surface area contributed by atoms with E-state index in [9.17, 15) is 19.2 Å². The molecular formula is C19H23ClN2O6. The standard InChI is InChI=1S/C19H23ClN2O6/c1-12(21-17(24)14-5-3-4-6-15(14)20)18(25)28-11-16(23)22-9-7-13(8-10-22)19(26)27-2/h3-6,12-13H,7-11H2,1-2H3,(H,21,24)/t12-/m0/s1. The molecule has 152 valence electrons. The average molecular weight is 411 g/mol. The third-order valence-corrected chi connectivity index (χ3v) is 4.87. The summed E-state index contributed by atoms with van der Waals surface area (Å²) in [6, 6.07) is 5.52. The number of carbonyl (C=O) groups is 4. The summed E-state index contributed by atoms with van der Waals surface area (Å²) in [4.78, 5) is 49.5. The van der Waals surface area contributed by atoms with Crippen molar-refractivity contribution in [3.8, 4) is 0 Å². The largest absolute Gasteiger partial charge is 0.469 e. The molecule has 1 saturated heterocycles. The number of likely N-dealkylation sites (tertiary alicyclic amines) is 1. The second-order valence-electron chi connectivity index (χ2n) is 6.46. The van der Waals surface area contributed by atoms with Gasteiger partial charge in [-0.05, 0) is 31.9 Å². The zero-order chi connectivity index (χ0) is 20.7. The predicted octanol–water partition coefficient (Wildman–Crippen LogP) is 1.41. The number of hydrogen-bond acceptors (Lipinski definition) is 6. The zero-order valence-electron chi connectivity index (χ0n) is 15.8. The van der Waals surface area contributed by atoms with Crippen LogP contribution in [0.5, 0.6) is 0 Å². The molecule has 0 spiro atoms. The Labute approximate surface area is 168 Å². The third-order valence-electron chi connectivity index (χ3n) is 4.54. The van der Waals surface area contributed by atoms with Crippen LogP contribution in [0.25, 0.3) is 0 Å². The molecule has 1 fully saturated rings. The van der Waals surface area contributed by atoms with Crippen molar-refractivity contribution < 1.29 is 28.7 Å². The van der Waals surface area contributed by atoms with Crippen molar-refractivity contribution in [3.05, 3.63) is 34.9 Å². The maximum atomic E-state index is 12.2. The van der Waals surface area contributed by atoms with Gasteiger partial charge in [0.15, 0.2) is 6.61 Å². The first-order valence-corrected chi connectivity index (χ1v) is 9.29. The van der Waals surface area contributed by atoms with E-state index in [2.05, 4.69) is 5.32 Å². The highest BCUT2D eigenvalue weighted by Crippen LogP contribution is 2.18. The van der Waals surface area contributed by atoms with Crippen molar-refractivity contribution >= 4 is 35.4 Å². The van der Waals surface area contributed by atoms with Crippen LogP contribution in [0.15, 0.2) is 24.3 Å². The summed E-state index contributed by atoms with van der Waals surface area (Å²) in [5.74, 6) is -2.07. The molecule has 0 aliphatic carbocycles. The van der Waals surface area contributed by atoms with Gasteiger partial charge in [-0.15, -0.1) is 0 Å². The number of amides is 2. The molecule has 1 heterocycles. The summed E-state index contributed by atoms with van der Waals surface area (Å²) in [6.45, 7) is 1.83. The predicted molar refractivity (Wildman–Crippen MR) is 101 cm³/mol. The van der Waals surface area contributed by atoms with E-state index in [0.29, 0.717) is 25.9 Å². The second kappa shape index (κ2) is 10.1. The number of hydrogen-bond donors (Lipinski definition) is 1. The fraction of sp³-hybridized carbons (Fsp3) is 0.474. The third kappa shape index (κ3) is 5.69. The molecule has 2 rings (SSSR count). The Balaban J connectivity index is 1.77. The van der Waals surface area contributed by atoms with E-state index in [0.717, 1.165) is 0 Å². The van der Waals surface area contributed by atoms with E-state index in [1.807, 2.05) is 0 Å². The van der Waals surface area contributed by atoms with Gasteiger partial charge >= 0.3 is 11.9 Å². The fourth-order valence-electron chi connectivity index (χ4n) is 2.86. The summed E-state index contributed by atoms with van der Waals surface area (Å²) in [5.41, 5.74) is 0.244. The van der Waals surface area contributed by atoms with Gasteiger partial charge in [-0.1, -0.05) is 23.7 Å². The molecule has 0 saturated carbocycles. The molecule has 8 nitrogen and oxygen atoms in total. The Morgan fingerprint density at radius 2 is 1.86 bits per heavy atom. The first-order valence-electron chi connectivity index (χ1n) is 8.91. The van der Waals surface area contributed by atoms with Crippen molar-refractivity contribution in [1.82, 2.24) is 10.2 Å². The van der Waals surface area contributed by atoms with E-state index in [1.165, 1.54) is 20.1 Å². The van der Waals surface area contributed by atoms with Crippen LogP contribution in [0.2, 0.25) is 5.02 Å². The van der Waals surface area contributed by atoms with Crippen molar-refractivity contribution in [2.45, 2.75) is 25.8 Å². The summed E-state index contributed by atoms with van der Waals surface area (Å²) < 4.78 is 9.72. The Kier molecular flexibility index (Phi) is 7.80. The van der Waals surface area contributed by atoms with E-state index in [-0.39, 0.29) is 28.4 Å². The molecule has 1 aromatic carbocycles. The van der Waals surface area contributed by atoms with Crippen LogP contribution >= 0.6 is 11.6 Å². The first-order chi connectivity index (χ1) is 13.3. The Morgan fingerprint density at radius 3 is 2.46 bits per heavy atom. The number of nitrogens with zero attached hydrogens (tertiary/aromatic N) is 1. The Hall–Kier alpha value is -2.61. The fourth-order valence-corrected chi connectivity index (χ4v) is 3.08. The van der Waals surface area contributed by atoms with Crippen LogP contribution in [0, 0.1) is 5.92 Å². The van der Waals surface area contributed by atoms with Gasteiger partial charge in [-0.25, -0.2) is 4.79 Å². The van der Waals surface area contributed by atoms with E-state index >= 15 is 0 Å². The minimum absolute atomic E-state index is 0.211. The second-order valence-corrected chi connectivity index (χ2v) is 6.87. The van der Waals surface area contributed by atoms with Gasteiger partial charge in [-0.2, -0.15) is 0 Å². The average Bonchev–Trinajstić information content (AvgIpc) is 2.71. The van der Waals surface area contributed by atoms with Gasteiger partial charge in [0.2, 0.25) is 0 Å². The summed E-state index contributed by atoms with van der Waals surface area (Å²) in [6.07, 6.45) is 1.02. The molecule has 0 bridgehead atoms. The van der Waals surface area contributed by atoms with Gasteiger partial charge in [0.1, 0.15) is 6.04 Å². The topological polar surface area (TPSA) is 102 Å². The Morgan fingerprint density at radius 1 is 1.21 bits per heavy atom. The minimum Gasteiger partial charge on any atom is -0.469 e. The molecule has 1 N–H and O–H groups in total. The van der Waals surface area contributed by atoms with Crippen molar-refractivity contribution in [3.63, 3.8) is 0 Å². The normalized spacial score (nSPS) is 15.5. The first kappa shape index (κ1) is 21.7. The maximum absolute atomic E-state index is 12.2. The van der Waals surface area contributed by atoms with Crippen LogP contribution in [-0.2, 0) is 23.9 Å². The van der Waals surface area contributed by atoms with Crippen LogP contribution in [0.1, 0.15) is 30.1 Å². The number of piperidine rings is 1. The number of halogens is 1.